The largest absolute Gasteiger partial charge is 0.430 e. The van der Waals surface area contributed by atoms with Gasteiger partial charge < -0.3 is 10.1 Å². The molecule has 0 aliphatic heterocycles. The summed E-state index contributed by atoms with van der Waals surface area (Å²) in [6, 6.07) is 1.94. The Morgan fingerprint density at radius 2 is 2.10 bits per heavy atom. The molecule has 0 bridgehead atoms. The number of nitro groups is 1. The Bertz CT molecular complexity index is 714. The molecule has 0 atom stereocenters. The molecule has 7 nitrogen and oxygen atoms in total. The molecule has 2 rings (SSSR count). The number of nitro benzene ring substituents is 1. The highest BCUT2D eigenvalue weighted by molar-refractivity contribution is 9.11. The lowest BCUT2D eigenvalue weighted by Crippen LogP contribution is -2.00. The van der Waals surface area contributed by atoms with Crippen LogP contribution in [0.2, 0.25) is 0 Å². The van der Waals surface area contributed by atoms with Crippen LogP contribution in [0.3, 0.4) is 0 Å². The maximum absolute atomic E-state index is 13.6. The third-order valence-corrected chi connectivity index (χ3v) is 3.72. The second-order valence-corrected chi connectivity index (χ2v) is 5.33. The highest BCUT2D eigenvalue weighted by atomic mass is 79.9. The maximum atomic E-state index is 13.6. The first kappa shape index (κ1) is 15.6. The Morgan fingerprint density at radius 1 is 1.38 bits per heavy atom. The molecule has 21 heavy (non-hydrogen) atoms. The Morgan fingerprint density at radius 3 is 2.71 bits per heavy atom. The first-order valence-electron chi connectivity index (χ1n) is 5.43. The lowest BCUT2D eigenvalue weighted by molar-refractivity contribution is -0.385. The highest BCUT2D eigenvalue weighted by Crippen LogP contribution is 2.38. The second kappa shape index (κ2) is 6.31. The van der Waals surface area contributed by atoms with Gasteiger partial charge in [0.1, 0.15) is 22.4 Å². The molecule has 2 aromatic rings. The fraction of sp³-hybridized carbons (Fsp3) is 0.0909. The van der Waals surface area contributed by atoms with Crippen LogP contribution in [0, 0.1) is 15.9 Å². The number of benzene rings is 1. The second-order valence-electron chi connectivity index (χ2n) is 3.68. The molecule has 10 heteroatoms. The van der Waals surface area contributed by atoms with Crippen molar-refractivity contribution in [1.29, 1.82) is 0 Å². The number of hydrogen-bond acceptors (Lipinski definition) is 6. The molecule has 0 aliphatic carbocycles. The summed E-state index contributed by atoms with van der Waals surface area (Å²) in [6.45, 7) is 0. The number of ether oxygens (including phenoxy) is 1. The van der Waals surface area contributed by atoms with E-state index in [1.54, 1.807) is 7.05 Å². The molecular weight excluding hydrogens is 415 g/mol. The molecule has 0 saturated carbocycles. The zero-order valence-corrected chi connectivity index (χ0v) is 13.6. The standard InChI is InChI=1S/C11H7Br2FN4O3/c1-15-10-9(13)11(17-4-16-10)21-8-3-6(14)5(12)2-7(8)18(19)20/h2-4H,1H3,(H,15,16,17). The minimum Gasteiger partial charge on any atom is -0.430 e. The predicted octanol–water partition coefficient (Wildman–Crippen LogP) is 3.88. The van der Waals surface area contributed by atoms with E-state index in [4.69, 9.17) is 4.74 Å². The van der Waals surface area contributed by atoms with Crippen LogP contribution in [-0.2, 0) is 0 Å². The third kappa shape index (κ3) is 3.27. The monoisotopic (exact) mass is 420 g/mol. The van der Waals surface area contributed by atoms with E-state index in [1.165, 1.54) is 6.33 Å². The average Bonchev–Trinajstić information content (AvgIpc) is 2.44. The van der Waals surface area contributed by atoms with E-state index in [1.807, 2.05) is 0 Å². The van der Waals surface area contributed by atoms with Gasteiger partial charge in [0.25, 0.3) is 0 Å². The zero-order valence-electron chi connectivity index (χ0n) is 10.4. The first-order valence-corrected chi connectivity index (χ1v) is 7.02. The van der Waals surface area contributed by atoms with Gasteiger partial charge in [0.2, 0.25) is 11.6 Å². The molecule has 110 valence electrons. The van der Waals surface area contributed by atoms with Gasteiger partial charge in [-0.15, -0.1) is 0 Å². The third-order valence-electron chi connectivity index (χ3n) is 2.40. The Kier molecular flexibility index (Phi) is 4.68. The normalized spacial score (nSPS) is 10.3. The van der Waals surface area contributed by atoms with Crippen LogP contribution in [0.1, 0.15) is 0 Å². The maximum Gasteiger partial charge on any atom is 0.312 e. The topological polar surface area (TPSA) is 90.2 Å². The SMILES string of the molecule is CNc1ncnc(Oc2cc(F)c(Br)cc2[N+](=O)[O-])c1Br. The molecule has 0 spiro atoms. The molecule has 0 aliphatic rings. The molecule has 0 radical (unpaired) electrons. The summed E-state index contributed by atoms with van der Waals surface area (Å²) in [5.74, 6) is -0.490. The summed E-state index contributed by atoms with van der Waals surface area (Å²) in [5, 5.41) is 13.8. The number of rotatable bonds is 4. The van der Waals surface area contributed by atoms with Crippen molar-refractivity contribution in [3.05, 3.63) is 43.3 Å². The lowest BCUT2D eigenvalue weighted by atomic mass is 10.3. The van der Waals surface area contributed by atoms with Crippen molar-refractivity contribution in [3.63, 3.8) is 0 Å². The Hall–Kier alpha value is -1.81. The van der Waals surface area contributed by atoms with Crippen LogP contribution in [0.5, 0.6) is 11.6 Å². The number of nitrogens with zero attached hydrogens (tertiary/aromatic N) is 3. The minimum absolute atomic E-state index is 0.0270. The van der Waals surface area contributed by atoms with Gasteiger partial charge in [0.05, 0.1) is 9.40 Å². The quantitative estimate of drug-likeness (QED) is 0.595. The van der Waals surface area contributed by atoms with Crippen LogP contribution in [0.25, 0.3) is 0 Å². The Balaban J connectivity index is 2.49. The van der Waals surface area contributed by atoms with Crippen molar-refractivity contribution in [2.75, 3.05) is 12.4 Å². The highest BCUT2D eigenvalue weighted by Gasteiger charge is 2.21. The van der Waals surface area contributed by atoms with Crippen LogP contribution in [0.4, 0.5) is 15.9 Å². The van der Waals surface area contributed by atoms with E-state index in [9.17, 15) is 14.5 Å². The molecular formula is C11H7Br2FN4O3. The van der Waals surface area contributed by atoms with E-state index in [-0.39, 0.29) is 21.8 Å². The van der Waals surface area contributed by atoms with Crippen LogP contribution < -0.4 is 10.1 Å². The van der Waals surface area contributed by atoms with E-state index >= 15 is 0 Å². The minimum atomic E-state index is -0.686. The Labute approximate surface area is 135 Å². The molecule has 1 heterocycles. The van der Waals surface area contributed by atoms with Crippen molar-refractivity contribution in [2.45, 2.75) is 0 Å². The van der Waals surface area contributed by atoms with Gasteiger partial charge in [-0.1, -0.05) is 0 Å². The van der Waals surface area contributed by atoms with E-state index < -0.39 is 10.7 Å². The number of hydrogen-bond donors (Lipinski definition) is 1. The van der Waals surface area contributed by atoms with Crippen molar-refractivity contribution in [3.8, 4) is 11.6 Å². The van der Waals surface area contributed by atoms with Crippen LogP contribution >= 0.6 is 31.9 Å². The van der Waals surface area contributed by atoms with E-state index in [2.05, 4.69) is 47.1 Å². The van der Waals surface area contributed by atoms with Gasteiger partial charge in [-0.25, -0.2) is 14.4 Å². The summed E-state index contributed by atoms with van der Waals surface area (Å²) in [6.07, 6.45) is 1.22. The summed E-state index contributed by atoms with van der Waals surface area (Å²) in [7, 11) is 1.64. The fourth-order valence-corrected chi connectivity index (χ4v) is 2.26. The summed E-state index contributed by atoms with van der Waals surface area (Å²) in [5.41, 5.74) is -0.389. The van der Waals surface area contributed by atoms with Crippen molar-refractivity contribution < 1.29 is 14.1 Å². The molecule has 0 saturated heterocycles. The first-order chi connectivity index (χ1) is 9.93. The summed E-state index contributed by atoms with van der Waals surface area (Å²) < 4.78 is 19.2. The summed E-state index contributed by atoms with van der Waals surface area (Å²) >= 11 is 6.10. The van der Waals surface area contributed by atoms with E-state index in [0.717, 1.165) is 12.1 Å². The van der Waals surface area contributed by atoms with Gasteiger partial charge in [-0.2, -0.15) is 0 Å². The molecule has 0 amide bonds. The van der Waals surface area contributed by atoms with Gasteiger partial charge in [-0.05, 0) is 31.9 Å². The van der Waals surface area contributed by atoms with Gasteiger partial charge >= 0.3 is 5.69 Å². The lowest BCUT2D eigenvalue weighted by Gasteiger charge is -2.09. The van der Waals surface area contributed by atoms with Gasteiger partial charge in [-0.3, -0.25) is 10.1 Å². The zero-order chi connectivity index (χ0) is 15.6. The number of nitrogens with one attached hydrogen (secondary N) is 1. The number of halogens is 3. The van der Waals surface area contributed by atoms with Crippen LogP contribution in [-0.4, -0.2) is 21.9 Å². The molecule has 1 aromatic heterocycles. The number of anilines is 1. The van der Waals surface area contributed by atoms with Crippen molar-refractivity contribution >= 4 is 43.4 Å². The molecule has 1 aromatic carbocycles. The molecule has 1 N–H and O–H groups in total. The van der Waals surface area contributed by atoms with Gasteiger partial charge in [0.15, 0.2) is 0 Å². The van der Waals surface area contributed by atoms with Gasteiger partial charge in [0, 0.05) is 19.2 Å². The van der Waals surface area contributed by atoms with Crippen molar-refractivity contribution in [1.82, 2.24) is 9.97 Å². The molecule has 0 unspecified atom stereocenters. The smallest absolute Gasteiger partial charge is 0.312 e. The van der Waals surface area contributed by atoms with E-state index in [0.29, 0.717) is 10.3 Å². The number of aromatic nitrogens is 2. The predicted molar refractivity (Wildman–Crippen MR) is 80.1 cm³/mol. The molecule has 0 fully saturated rings. The average molecular weight is 422 g/mol. The fourth-order valence-electron chi connectivity index (χ4n) is 1.45. The van der Waals surface area contributed by atoms with Crippen molar-refractivity contribution in [2.24, 2.45) is 0 Å². The van der Waals surface area contributed by atoms with Crippen LogP contribution in [0.15, 0.2) is 27.4 Å². The summed E-state index contributed by atoms with van der Waals surface area (Å²) in [4.78, 5) is 18.1.